The van der Waals surface area contributed by atoms with Crippen molar-refractivity contribution in [3.63, 3.8) is 0 Å². The summed E-state index contributed by atoms with van der Waals surface area (Å²) in [7, 11) is 0. The third-order valence-corrected chi connectivity index (χ3v) is 3.91. The highest BCUT2D eigenvalue weighted by Crippen LogP contribution is 2.29. The Morgan fingerprint density at radius 3 is 1.40 bits per heavy atom. The van der Waals surface area contributed by atoms with Crippen LogP contribution in [0.1, 0.15) is 11.1 Å². The average molecular weight is 311 g/mol. The molecule has 0 aliphatic heterocycles. The van der Waals surface area contributed by atoms with Gasteiger partial charge in [-0.05, 0) is 47.2 Å². The van der Waals surface area contributed by atoms with Crippen LogP contribution >= 0.6 is 23.2 Å². The Hall–Kier alpha value is -1.06. The van der Waals surface area contributed by atoms with Crippen molar-refractivity contribution < 1.29 is 10.2 Å². The van der Waals surface area contributed by atoms with Gasteiger partial charge in [-0.3, -0.25) is 0 Å². The van der Waals surface area contributed by atoms with Crippen molar-refractivity contribution in [2.24, 2.45) is 0 Å². The predicted octanol–water partition coefficient (Wildman–Crippen LogP) is 3.73. The lowest BCUT2D eigenvalue weighted by Crippen LogP contribution is -1.93. The quantitative estimate of drug-likeness (QED) is 0.883. The van der Waals surface area contributed by atoms with Gasteiger partial charge in [-0.2, -0.15) is 0 Å². The van der Waals surface area contributed by atoms with Crippen LogP contribution in [-0.2, 0) is 12.8 Å². The lowest BCUT2D eigenvalue weighted by molar-refractivity contribution is 0.299. The van der Waals surface area contributed by atoms with E-state index in [9.17, 15) is 0 Å². The minimum atomic E-state index is 0.0841. The second-order valence-corrected chi connectivity index (χ2v) is 5.37. The van der Waals surface area contributed by atoms with Crippen molar-refractivity contribution in [2.45, 2.75) is 12.8 Å². The molecule has 0 bridgehead atoms. The molecule has 0 aromatic heterocycles. The molecule has 2 nitrogen and oxygen atoms in total. The Balaban J connectivity index is 2.32. The lowest BCUT2D eigenvalue weighted by atomic mass is 10.0. The van der Waals surface area contributed by atoms with Gasteiger partial charge >= 0.3 is 0 Å². The fourth-order valence-electron chi connectivity index (χ4n) is 2.10. The molecule has 2 N–H and O–H groups in total. The number of aliphatic hydroxyl groups is 2. The Labute approximate surface area is 128 Å². The Bertz CT molecular complexity index is 544. The molecule has 2 aromatic rings. The van der Waals surface area contributed by atoms with Gasteiger partial charge in [-0.25, -0.2) is 0 Å². The summed E-state index contributed by atoms with van der Waals surface area (Å²) in [6.45, 7) is 0.168. The summed E-state index contributed by atoms with van der Waals surface area (Å²) in [6.07, 6.45) is 1.10. The monoisotopic (exact) mass is 310 g/mol. The van der Waals surface area contributed by atoms with Crippen molar-refractivity contribution in [1.29, 1.82) is 0 Å². The number of rotatable bonds is 5. The summed E-state index contributed by atoms with van der Waals surface area (Å²) in [5.74, 6) is 0. The second kappa shape index (κ2) is 7.09. The maximum atomic E-state index is 8.95. The van der Waals surface area contributed by atoms with Crippen LogP contribution < -0.4 is 0 Å². The molecule has 0 saturated heterocycles. The molecule has 0 saturated carbocycles. The highest BCUT2D eigenvalue weighted by atomic mass is 35.5. The van der Waals surface area contributed by atoms with Crippen LogP contribution in [0.25, 0.3) is 11.1 Å². The van der Waals surface area contributed by atoms with Crippen LogP contribution in [0.15, 0.2) is 36.4 Å². The third kappa shape index (κ3) is 3.53. The van der Waals surface area contributed by atoms with Crippen LogP contribution in [0.2, 0.25) is 10.0 Å². The van der Waals surface area contributed by atoms with E-state index in [0.29, 0.717) is 22.9 Å². The standard InChI is InChI=1S/C16H16Cl2O2/c17-15-9-13(3-1-11(15)5-7-19)14-4-2-12(6-8-20)16(18)10-14/h1-4,9-10,19-20H,5-8H2. The first kappa shape index (κ1) is 15.3. The van der Waals surface area contributed by atoms with E-state index < -0.39 is 0 Å². The van der Waals surface area contributed by atoms with E-state index in [-0.39, 0.29) is 13.2 Å². The Morgan fingerprint density at radius 2 is 1.10 bits per heavy atom. The van der Waals surface area contributed by atoms with E-state index in [1.165, 1.54) is 0 Å². The van der Waals surface area contributed by atoms with Crippen LogP contribution in [0.5, 0.6) is 0 Å². The molecular formula is C16H16Cl2O2. The summed E-state index contributed by atoms with van der Waals surface area (Å²) in [6, 6.07) is 11.5. The first-order valence-corrected chi connectivity index (χ1v) is 7.20. The third-order valence-electron chi connectivity index (χ3n) is 3.20. The van der Waals surface area contributed by atoms with Gasteiger partial charge in [0.25, 0.3) is 0 Å². The van der Waals surface area contributed by atoms with Crippen LogP contribution in [0.4, 0.5) is 0 Å². The van der Waals surface area contributed by atoms with Gasteiger partial charge in [-0.1, -0.05) is 47.5 Å². The van der Waals surface area contributed by atoms with E-state index >= 15 is 0 Å². The van der Waals surface area contributed by atoms with Crippen molar-refractivity contribution in [2.75, 3.05) is 13.2 Å². The summed E-state index contributed by atoms with van der Waals surface area (Å²) >= 11 is 12.4. The molecule has 0 fully saturated rings. The molecule has 0 atom stereocenters. The molecule has 0 aliphatic rings. The molecule has 106 valence electrons. The molecule has 4 heteroatoms. The maximum absolute atomic E-state index is 8.95. The van der Waals surface area contributed by atoms with Gasteiger partial charge < -0.3 is 10.2 Å². The summed E-state index contributed by atoms with van der Waals surface area (Å²) < 4.78 is 0. The normalized spacial score (nSPS) is 10.8. The van der Waals surface area contributed by atoms with E-state index in [0.717, 1.165) is 22.3 Å². The molecule has 0 unspecified atom stereocenters. The zero-order valence-electron chi connectivity index (χ0n) is 10.9. The maximum Gasteiger partial charge on any atom is 0.0471 e. The topological polar surface area (TPSA) is 40.5 Å². The lowest BCUT2D eigenvalue weighted by Gasteiger charge is -2.09. The van der Waals surface area contributed by atoms with E-state index in [1.807, 2.05) is 36.4 Å². The zero-order valence-corrected chi connectivity index (χ0v) is 12.5. The summed E-state index contributed by atoms with van der Waals surface area (Å²) in [4.78, 5) is 0. The summed E-state index contributed by atoms with van der Waals surface area (Å²) in [5, 5.41) is 19.2. The first-order valence-electron chi connectivity index (χ1n) is 6.44. The van der Waals surface area contributed by atoms with Crippen molar-refractivity contribution in [3.8, 4) is 11.1 Å². The number of halogens is 2. The van der Waals surface area contributed by atoms with Gasteiger partial charge in [0.2, 0.25) is 0 Å². The number of hydrogen-bond acceptors (Lipinski definition) is 2. The fourth-order valence-corrected chi connectivity index (χ4v) is 2.65. The minimum absolute atomic E-state index is 0.0841. The van der Waals surface area contributed by atoms with Crippen molar-refractivity contribution >= 4 is 23.2 Å². The van der Waals surface area contributed by atoms with Crippen LogP contribution in [0, 0.1) is 0 Å². The Morgan fingerprint density at radius 1 is 0.700 bits per heavy atom. The molecule has 0 spiro atoms. The molecule has 0 heterocycles. The van der Waals surface area contributed by atoms with E-state index in [1.54, 1.807) is 0 Å². The van der Waals surface area contributed by atoms with Gasteiger partial charge in [0, 0.05) is 23.3 Å². The molecular weight excluding hydrogens is 295 g/mol. The SMILES string of the molecule is OCCc1ccc(-c2ccc(CCO)c(Cl)c2)cc1Cl. The zero-order chi connectivity index (χ0) is 14.5. The van der Waals surface area contributed by atoms with Crippen LogP contribution in [0.3, 0.4) is 0 Å². The van der Waals surface area contributed by atoms with Gasteiger partial charge in [-0.15, -0.1) is 0 Å². The average Bonchev–Trinajstić information content (AvgIpc) is 2.44. The molecule has 20 heavy (non-hydrogen) atoms. The highest BCUT2D eigenvalue weighted by molar-refractivity contribution is 6.32. The minimum Gasteiger partial charge on any atom is -0.396 e. The largest absolute Gasteiger partial charge is 0.396 e. The second-order valence-electron chi connectivity index (χ2n) is 4.56. The number of benzene rings is 2. The fraction of sp³-hybridized carbons (Fsp3) is 0.250. The van der Waals surface area contributed by atoms with Crippen LogP contribution in [-0.4, -0.2) is 23.4 Å². The number of aliphatic hydroxyl groups excluding tert-OH is 2. The van der Waals surface area contributed by atoms with Crippen molar-refractivity contribution in [1.82, 2.24) is 0 Å². The number of hydrogen-bond donors (Lipinski definition) is 2. The molecule has 0 amide bonds. The molecule has 0 aliphatic carbocycles. The highest BCUT2D eigenvalue weighted by Gasteiger charge is 2.06. The molecule has 0 radical (unpaired) electrons. The van der Waals surface area contributed by atoms with Gasteiger partial charge in [0.05, 0.1) is 0 Å². The van der Waals surface area contributed by atoms with Gasteiger partial charge in [0.1, 0.15) is 0 Å². The van der Waals surface area contributed by atoms with E-state index in [4.69, 9.17) is 33.4 Å². The van der Waals surface area contributed by atoms with E-state index in [2.05, 4.69) is 0 Å². The first-order chi connectivity index (χ1) is 9.65. The predicted molar refractivity (Wildman–Crippen MR) is 83.5 cm³/mol. The molecule has 2 rings (SSSR count). The molecule has 2 aromatic carbocycles. The smallest absolute Gasteiger partial charge is 0.0471 e. The van der Waals surface area contributed by atoms with Crippen molar-refractivity contribution in [3.05, 3.63) is 57.6 Å². The Kier molecular flexibility index (Phi) is 5.44. The van der Waals surface area contributed by atoms with Gasteiger partial charge in [0.15, 0.2) is 0 Å². The summed E-state index contributed by atoms with van der Waals surface area (Å²) in [5.41, 5.74) is 3.82.